The molecule has 25 heavy (non-hydrogen) atoms. The average molecular weight is 338 g/mol. The van der Waals surface area contributed by atoms with Gasteiger partial charge in [0.1, 0.15) is 5.75 Å². The molecule has 0 unspecified atom stereocenters. The minimum Gasteiger partial charge on any atom is -0.512 e. The Morgan fingerprint density at radius 1 is 1.28 bits per heavy atom. The van der Waals surface area contributed by atoms with Gasteiger partial charge in [0.15, 0.2) is 0 Å². The van der Waals surface area contributed by atoms with E-state index < -0.39 is 7.32 Å². The zero-order valence-electron chi connectivity index (χ0n) is 13.9. The van der Waals surface area contributed by atoms with Crippen molar-refractivity contribution in [2.75, 3.05) is 5.32 Å². The van der Waals surface area contributed by atoms with Crippen molar-refractivity contribution in [3.05, 3.63) is 59.2 Å². The predicted molar refractivity (Wildman–Crippen MR) is 94.7 cm³/mol. The first kappa shape index (κ1) is 18.5. The van der Waals surface area contributed by atoms with Gasteiger partial charge in [-0.2, -0.15) is 5.26 Å². The van der Waals surface area contributed by atoms with Gasteiger partial charge in [0.2, 0.25) is 5.91 Å². The third kappa shape index (κ3) is 5.96. The highest BCUT2D eigenvalue weighted by Crippen LogP contribution is 2.19. The molecule has 0 fully saturated rings. The van der Waals surface area contributed by atoms with Gasteiger partial charge in [0.05, 0.1) is 11.6 Å². The summed E-state index contributed by atoms with van der Waals surface area (Å²) in [6.07, 6.45) is 1.76. The van der Waals surface area contributed by atoms with Gasteiger partial charge in [-0.05, 0) is 61.2 Å². The van der Waals surface area contributed by atoms with Crippen LogP contribution in [0.5, 0.6) is 5.75 Å². The van der Waals surface area contributed by atoms with Crippen LogP contribution in [-0.4, -0.2) is 23.3 Å². The first-order chi connectivity index (χ1) is 12.0. The van der Waals surface area contributed by atoms with Crippen LogP contribution < -0.4 is 9.97 Å². The molecule has 2 rings (SSSR count). The minimum atomic E-state index is -1.84. The summed E-state index contributed by atoms with van der Waals surface area (Å²) in [6, 6.07) is 14.1. The number of carbonyl (C=O) groups is 1. The van der Waals surface area contributed by atoms with Gasteiger partial charge in [-0.3, -0.25) is 4.79 Å². The molecular formula is C18H19BN2O4. The largest absolute Gasteiger partial charge is 0.707 e. The summed E-state index contributed by atoms with van der Waals surface area (Å²) < 4.78 is 4.80. The third-order valence-electron chi connectivity index (χ3n) is 3.68. The molecule has 0 bridgehead atoms. The van der Waals surface area contributed by atoms with E-state index in [1.165, 1.54) is 0 Å². The summed E-state index contributed by atoms with van der Waals surface area (Å²) in [5, 5.41) is 29.2. The van der Waals surface area contributed by atoms with Crippen molar-refractivity contribution in [3.8, 4) is 11.8 Å². The van der Waals surface area contributed by atoms with E-state index in [1.54, 1.807) is 36.4 Å². The van der Waals surface area contributed by atoms with Crippen LogP contribution in [0.2, 0.25) is 0 Å². The molecule has 0 atom stereocenters. The molecule has 0 aliphatic carbocycles. The second-order valence-corrected chi connectivity index (χ2v) is 5.63. The Morgan fingerprint density at radius 2 is 2.08 bits per heavy atom. The maximum absolute atomic E-state index is 12.0. The minimum absolute atomic E-state index is 0.101. The molecule has 0 spiro atoms. The van der Waals surface area contributed by atoms with Crippen molar-refractivity contribution in [1.29, 1.82) is 5.26 Å². The van der Waals surface area contributed by atoms with Gasteiger partial charge in [0.25, 0.3) is 0 Å². The monoisotopic (exact) mass is 338 g/mol. The Bertz CT molecular complexity index is 787. The lowest BCUT2D eigenvalue weighted by Crippen LogP contribution is -2.20. The number of rotatable bonds is 7. The van der Waals surface area contributed by atoms with Gasteiger partial charge < -0.3 is 20.0 Å². The summed E-state index contributed by atoms with van der Waals surface area (Å²) in [5.74, 6) is 0.280. The maximum Gasteiger partial charge on any atom is 0.707 e. The Kier molecular flexibility index (Phi) is 6.58. The number of hydrogen-bond acceptors (Lipinski definition) is 5. The second-order valence-electron chi connectivity index (χ2n) is 5.63. The van der Waals surface area contributed by atoms with Crippen molar-refractivity contribution in [3.63, 3.8) is 0 Å². The molecular weight excluding hydrogens is 319 g/mol. The summed E-state index contributed by atoms with van der Waals surface area (Å²) in [5.41, 5.74) is 3.15. The fourth-order valence-corrected chi connectivity index (χ4v) is 2.47. The lowest BCUT2D eigenvalue weighted by atomic mass is 10.0. The molecule has 2 aromatic rings. The molecule has 6 nitrogen and oxygen atoms in total. The summed E-state index contributed by atoms with van der Waals surface area (Å²) >= 11 is 0. The van der Waals surface area contributed by atoms with Gasteiger partial charge in [-0.1, -0.05) is 12.1 Å². The zero-order chi connectivity index (χ0) is 18.2. The van der Waals surface area contributed by atoms with Crippen LogP contribution in [0.3, 0.4) is 0 Å². The average Bonchev–Trinajstić information content (AvgIpc) is 2.56. The molecule has 0 saturated carbocycles. The van der Waals surface area contributed by atoms with Gasteiger partial charge in [0, 0.05) is 12.1 Å². The lowest BCUT2D eigenvalue weighted by Gasteiger charge is -2.10. The normalized spacial score (nSPS) is 10.0. The number of amides is 1. The van der Waals surface area contributed by atoms with Crippen LogP contribution in [0.15, 0.2) is 42.5 Å². The van der Waals surface area contributed by atoms with Crippen molar-refractivity contribution in [2.24, 2.45) is 0 Å². The lowest BCUT2D eigenvalue weighted by molar-refractivity contribution is -0.116. The Morgan fingerprint density at radius 3 is 2.76 bits per heavy atom. The van der Waals surface area contributed by atoms with Gasteiger partial charge in [-0.15, -0.1) is 0 Å². The number of nitrogens with one attached hydrogen (secondary N) is 1. The van der Waals surface area contributed by atoms with Gasteiger partial charge >= 0.3 is 7.32 Å². The molecule has 0 aliphatic rings. The van der Waals surface area contributed by atoms with E-state index >= 15 is 0 Å². The SMILES string of the molecule is Cc1cc(OB(O)O)ccc1CCCC(=O)Nc1cccc(C#N)c1. The Hall–Kier alpha value is -2.82. The fourth-order valence-electron chi connectivity index (χ4n) is 2.47. The molecule has 7 heteroatoms. The van der Waals surface area contributed by atoms with Crippen LogP contribution in [0, 0.1) is 18.3 Å². The highest BCUT2D eigenvalue weighted by molar-refractivity contribution is 6.33. The predicted octanol–water partition coefficient (Wildman–Crippen LogP) is 2.18. The van der Waals surface area contributed by atoms with E-state index in [-0.39, 0.29) is 5.91 Å². The first-order valence-corrected chi connectivity index (χ1v) is 7.90. The number of carbonyl (C=O) groups excluding carboxylic acids is 1. The highest BCUT2D eigenvalue weighted by atomic mass is 16.6. The quantitative estimate of drug-likeness (QED) is 0.672. The van der Waals surface area contributed by atoms with Crippen molar-refractivity contribution < 1.29 is 19.5 Å². The fraction of sp³-hybridized carbons (Fsp3) is 0.222. The summed E-state index contributed by atoms with van der Waals surface area (Å²) in [7, 11) is -1.84. The molecule has 1 amide bonds. The standard InChI is InChI=1S/C18H19BN2O4/c1-13-10-17(25-19(23)24)9-8-15(13)5-3-7-18(22)21-16-6-2-4-14(11-16)12-20/h2,4,6,8-11,23-24H,3,5,7H2,1H3,(H,21,22). The van der Waals surface area contributed by atoms with E-state index in [9.17, 15) is 4.79 Å². The molecule has 0 radical (unpaired) electrons. The number of hydrogen-bond donors (Lipinski definition) is 3. The van der Waals surface area contributed by atoms with E-state index in [1.807, 2.05) is 19.1 Å². The van der Waals surface area contributed by atoms with Gasteiger partial charge in [-0.25, -0.2) is 0 Å². The highest BCUT2D eigenvalue weighted by Gasteiger charge is 2.12. The summed E-state index contributed by atoms with van der Waals surface area (Å²) in [4.78, 5) is 12.0. The second kappa shape index (κ2) is 8.88. The topological polar surface area (TPSA) is 103 Å². The maximum atomic E-state index is 12.0. The van der Waals surface area contributed by atoms with Crippen molar-refractivity contribution in [2.45, 2.75) is 26.2 Å². The molecule has 2 aromatic carbocycles. The molecule has 0 saturated heterocycles. The van der Waals surface area contributed by atoms with Crippen LogP contribution in [0.1, 0.15) is 29.5 Å². The Labute approximate surface area is 146 Å². The zero-order valence-corrected chi connectivity index (χ0v) is 13.9. The van der Waals surface area contributed by atoms with Crippen molar-refractivity contribution in [1.82, 2.24) is 0 Å². The molecule has 0 heterocycles. The third-order valence-corrected chi connectivity index (χ3v) is 3.68. The van der Waals surface area contributed by atoms with Crippen LogP contribution in [-0.2, 0) is 11.2 Å². The van der Waals surface area contributed by atoms with Crippen LogP contribution in [0.25, 0.3) is 0 Å². The first-order valence-electron chi connectivity index (χ1n) is 7.90. The summed E-state index contributed by atoms with van der Waals surface area (Å²) in [6.45, 7) is 1.90. The number of anilines is 1. The molecule has 3 N–H and O–H groups in total. The smallest absolute Gasteiger partial charge is 0.512 e. The van der Waals surface area contributed by atoms with E-state index in [0.29, 0.717) is 29.8 Å². The molecule has 128 valence electrons. The number of nitrogens with zero attached hydrogens (tertiary/aromatic N) is 1. The molecule has 0 aromatic heterocycles. The van der Waals surface area contributed by atoms with Crippen molar-refractivity contribution >= 4 is 18.9 Å². The van der Waals surface area contributed by atoms with E-state index in [2.05, 4.69) is 5.32 Å². The number of nitriles is 1. The Balaban J connectivity index is 1.83. The number of benzene rings is 2. The molecule has 0 aliphatic heterocycles. The van der Waals surface area contributed by atoms with E-state index in [0.717, 1.165) is 17.5 Å². The number of aryl methyl sites for hydroxylation is 2. The van der Waals surface area contributed by atoms with Crippen LogP contribution in [0.4, 0.5) is 5.69 Å². The van der Waals surface area contributed by atoms with E-state index in [4.69, 9.17) is 20.0 Å². The van der Waals surface area contributed by atoms with Crippen LogP contribution >= 0.6 is 0 Å².